The van der Waals surface area contributed by atoms with E-state index in [1.165, 1.54) is 24.3 Å². The van der Waals surface area contributed by atoms with Crippen molar-refractivity contribution < 1.29 is 23.4 Å². The number of carbonyl (C=O) groups is 1. The Morgan fingerprint density at radius 2 is 1.90 bits per heavy atom. The van der Waals surface area contributed by atoms with Gasteiger partial charge in [0, 0.05) is 12.6 Å². The first-order valence-corrected chi connectivity index (χ1v) is 7.77. The minimum atomic E-state index is -3.61. The standard InChI is InChI=1S/C13H19NO5S/c1-10(3-2-8-15)14-20(18,19)12-6-4-11(5-7-12)9-13(16)17/h4-7,10,14-15H,2-3,8-9H2,1H3,(H,16,17). The Balaban J connectivity index is 2.74. The second kappa shape index (κ2) is 7.37. The van der Waals surface area contributed by atoms with Gasteiger partial charge < -0.3 is 10.2 Å². The highest BCUT2D eigenvalue weighted by molar-refractivity contribution is 7.89. The number of benzene rings is 1. The predicted octanol–water partition coefficient (Wildman–Crippen LogP) is 0.753. The highest BCUT2D eigenvalue weighted by Crippen LogP contribution is 2.12. The summed E-state index contributed by atoms with van der Waals surface area (Å²) in [7, 11) is -3.61. The molecule has 0 saturated carbocycles. The molecule has 3 N–H and O–H groups in total. The molecule has 1 rings (SSSR count). The van der Waals surface area contributed by atoms with E-state index in [4.69, 9.17) is 10.2 Å². The van der Waals surface area contributed by atoms with Crippen molar-refractivity contribution in [1.82, 2.24) is 4.72 Å². The fourth-order valence-corrected chi connectivity index (χ4v) is 3.03. The molecule has 1 atom stereocenters. The third-order valence-corrected chi connectivity index (χ3v) is 4.35. The highest BCUT2D eigenvalue weighted by Gasteiger charge is 2.17. The van der Waals surface area contributed by atoms with Gasteiger partial charge in [-0.15, -0.1) is 0 Å². The first kappa shape index (κ1) is 16.6. The van der Waals surface area contributed by atoms with Crippen LogP contribution in [0.25, 0.3) is 0 Å². The van der Waals surface area contributed by atoms with E-state index in [0.29, 0.717) is 18.4 Å². The Bertz CT molecular complexity index is 538. The zero-order valence-corrected chi connectivity index (χ0v) is 12.1. The van der Waals surface area contributed by atoms with Crippen molar-refractivity contribution in [3.05, 3.63) is 29.8 Å². The lowest BCUT2D eigenvalue weighted by Crippen LogP contribution is -2.32. The van der Waals surface area contributed by atoms with Crippen LogP contribution in [-0.4, -0.2) is 37.2 Å². The first-order valence-electron chi connectivity index (χ1n) is 6.29. The van der Waals surface area contributed by atoms with Crippen molar-refractivity contribution in [2.75, 3.05) is 6.61 Å². The summed E-state index contributed by atoms with van der Waals surface area (Å²) in [5.41, 5.74) is 0.546. The molecule has 0 aliphatic carbocycles. The van der Waals surface area contributed by atoms with Crippen LogP contribution >= 0.6 is 0 Å². The lowest BCUT2D eigenvalue weighted by molar-refractivity contribution is -0.136. The van der Waals surface area contributed by atoms with E-state index in [-0.39, 0.29) is 24.0 Å². The van der Waals surface area contributed by atoms with Crippen LogP contribution in [0.1, 0.15) is 25.3 Å². The summed E-state index contributed by atoms with van der Waals surface area (Å²) in [5, 5.41) is 17.4. The highest BCUT2D eigenvalue weighted by atomic mass is 32.2. The van der Waals surface area contributed by atoms with Gasteiger partial charge in [-0.2, -0.15) is 0 Å². The van der Waals surface area contributed by atoms with E-state index in [1.54, 1.807) is 6.92 Å². The van der Waals surface area contributed by atoms with Gasteiger partial charge in [-0.05, 0) is 37.5 Å². The van der Waals surface area contributed by atoms with E-state index < -0.39 is 16.0 Å². The molecule has 0 heterocycles. The maximum absolute atomic E-state index is 12.0. The Labute approximate surface area is 118 Å². The van der Waals surface area contributed by atoms with Gasteiger partial charge in [0.25, 0.3) is 0 Å². The molecule has 0 aliphatic heterocycles. The predicted molar refractivity (Wildman–Crippen MR) is 73.9 cm³/mol. The van der Waals surface area contributed by atoms with Crippen LogP contribution in [0.2, 0.25) is 0 Å². The number of hydrogen-bond donors (Lipinski definition) is 3. The van der Waals surface area contributed by atoms with Crippen LogP contribution in [0.3, 0.4) is 0 Å². The summed E-state index contributed by atoms with van der Waals surface area (Å²) < 4.78 is 26.6. The van der Waals surface area contributed by atoms with Gasteiger partial charge in [0.2, 0.25) is 10.0 Å². The molecular weight excluding hydrogens is 282 g/mol. The average Bonchev–Trinajstić information content (AvgIpc) is 2.35. The maximum atomic E-state index is 12.0. The quantitative estimate of drug-likeness (QED) is 0.657. The van der Waals surface area contributed by atoms with E-state index in [9.17, 15) is 13.2 Å². The van der Waals surface area contributed by atoms with Crippen molar-refractivity contribution in [2.24, 2.45) is 0 Å². The monoisotopic (exact) mass is 301 g/mol. The fraction of sp³-hybridized carbons (Fsp3) is 0.462. The minimum Gasteiger partial charge on any atom is -0.481 e. The SMILES string of the molecule is CC(CCCO)NS(=O)(=O)c1ccc(CC(=O)O)cc1. The van der Waals surface area contributed by atoms with Crippen LogP contribution < -0.4 is 4.72 Å². The van der Waals surface area contributed by atoms with Crippen LogP contribution in [0.4, 0.5) is 0 Å². The number of carboxylic acids is 1. The molecule has 1 unspecified atom stereocenters. The van der Waals surface area contributed by atoms with E-state index in [1.807, 2.05) is 0 Å². The van der Waals surface area contributed by atoms with E-state index >= 15 is 0 Å². The molecule has 0 radical (unpaired) electrons. The van der Waals surface area contributed by atoms with Gasteiger partial charge in [0.05, 0.1) is 11.3 Å². The van der Waals surface area contributed by atoms with Gasteiger partial charge in [-0.3, -0.25) is 4.79 Å². The molecule has 0 aliphatic rings. The number of nitrogens with one attached hydrogen (secondary N) is 1. The van der Waals surface area contributed by atoms with Gasteiger partial charge >= 0.3 is 5.97 Å². The molecule has 0 amide bonds. The summed E-state index contributed by atoms with van der Waals surface area (Å²) in [5.74, 6) is -0.962. The molecule has 0 fully saturated rings. The number of aliphatic hydroxyl groups excluding tert-OH is 1. The summed E-state index contributed by atoms with van der Waals surface area (Å²) >= 11 is 0. The third kappa shape index (κ3) is 5.28. The second-order valence-electron chi connectivity index (χ2n) is 4.60. The molecular formula is C13H19NO5S. The second-order valence-corrected chi connectivity index (χ2v) is 6.32. The molecule has 0 bridgehead atoms. The summed E-state index contributed by atoms with van der Waals surface area (Å²) in [6.07, 6.45) is 0.939. The summed E-state index contributed by atoms with van der Waals surface area (Å²) in [6, 6.07) is 5.48. The van der Waals surface area contributed by atoms with Crippen molar-refractivity contribution in [3.63, 3.8) is 0 Å². The Hall–Kier alpha value is -1.44. The summed E-state index contributed by atoms with van der Waals surface area (Å²) in [4.78, 5) is 10.6. The topological polar surface area (TPSA) is 104 Å². The summed E-state index contributed by atoms with van der Waals surface area (Å²) in [6.45, 7) is 1.75. The minimum absolute atomic E-state index is 0.0238. The van der Waals surface area contributed by atoms with Crippen LogP contribution in [0.15, 0.2) is 29.2 Å². The van der Waals surface area contributed by atoms with Gasteiger partial charge in [0.15, 0.2) is 0 Å². The largest absolute Gasteiger partial charge is 0.481 e. The Morgan fingerprint density at radius 1 is 1.30 bits per heavy atom. The fourth-order valence-electron chi connectivity index (χ4n) is 1.75. The molecule has 1 aromatic rings. The lowest BCUT2D eigenvalue weighted by Gasteiger charge is -2.13. The number of carboxylic acid groups (broad SMARTS) is 1. The van der Waals surface area contributed by atoms with Crippen LogP contribution in [0.5, 0.6) is 0 Å². The zero-order chi connectivity index (χ0) is 15.2. The van der Waals surface area contributed by atoms with Crippen molar-refractivity contribution in [3.8, 4) is 0 Å². The van der Waals surface area contributed by atoms with Gasteiger partial charge in [-0.1, -0.05) is 12.1 Å². The molecule has 7 heteroatoms. The Kier molecular flexibility index (Phi) is 6.12. The average molecular weight is 301 g/mol. The molecule has 20 heavy (non-hydrogen) atoms. The number of aliphatic carboxylic acids is 1. The zero-order valence-electron chi connectivity index (χ0n) is 11.2. The molecule has 0 aromatic heterocycles. The molecule has 1 aromatic carbocycles. The smallest absolute Gasteiger partial charge is 0.307 e. The molecule has 112 valence electrons. The number of rotatable bonds is 8. The van der Waals surface area contributed by atoms with Crippen LogP contribution in [0, 0.1) is 0 Å². The van der Waals surface area contributed by atoms with Gasteiger partial charge in [0.1, 0.15) is 0 Å². The molecule has 0 saturated heterocycles. The number of aliphatic hydroxyl groups is 1. The van der Waals surface area contributed by atoms with Crippen molar-refractivity contribution in [1.29, 1.82) is 0 Å². The number of sulfonamides is 1. The van der Waals surface area contributed by atoms with Crippen LogP contribution in [-0.2, 0) is 21.2 Å². The maximum Gasteiger partial charge on any atom is 0.307 e. The van der Waals surface area contributed by atoms with Crippen molar-refractivity contribution in [2.45, 2.75) is 37.1 Å². The van der Waals surface area contributed by atoms with E-state index in [2.05, 4.69) is 4.72 Å². The number of hydrogen-bond acceptors (Lipinski definition) is 4. The van der Waals surface area contributed by atoms with Gasteiger partial charge in [-0.25, -0.2) is 13.1 Å². The molecule has 6 nitrogen and oxygen atoms in total. The normalized spacial score (nSPS) is 13.1. The molecule has 0 spiro atoms. The third-order valence-electron chi connectivity index (χ3n) is 2.74. The first-order chi connectivity index (χ1) is 9.35. The van der Waals surface area contributed by atoms with E-state index in [0.717, 1.165) is 0 Å². The van der Waals surface area contributed by atoms with Crippen molar-refractivity contribution >= 4 is 16.0 Å². The Morgan fingerprint density at radius 3 is 2.40 bits per heavy atom. The lowest BCUT2D eigenvalue weighted by atomic mass is 10.2.